The summed E-state index contributed by atoms with van der Waals surface area (Å²) in [6.07, 6.45) is 4.16. The zero-order valence-corrected chi connectivity index (χ0v) is 12.3. The third-order valence-electron chi connectivity index (χ3n) is 4.05. The van der Waals surface area contributed by atoms with Crippen LogP contribution in [-0.4, -0.2) is 20.6 Å². The van der Waals surface area contributed by atoms with E-state index in [1.165, 1.54) is 23.8 Å². The summed E-state index contributed by atoms with van der Waals surface area (Å²) in [6, 6.07) is 14.7. The summed E-state index contributed by atoms with van der Waals surface area (Å²) >= 11 is 0. The minimum Gasteiger partial charge on any atom is -0.360 e. The average Bonchev–Trinajstić information content (AvgIpc) is 3.30. The van der Waals surface area contributed by atoms with E-state index in [0.29, 0.717) is 11.5 Å². The van der Waals surface area contributed by atoms with E-state index in [4.69, 9.17) is 0 Å². The number of allylic oxidation sites excluding steroid dienone is 1. The molecular formula is C17H14N6. The molecule has 0 spiro atoms. The quantitative estimate of drug-likeness (QED) is 0.722. The molecule has 2 aromatic carbocycles. The van der Waals surface area contributed by atoms with Crippen LogP contribution in [-0.2, 0) is 0 Å². The fraction of sp³-hybridized carbons (Fsp3) is 0.176. The lowest BCUT2D eigenvalue weighted by atomic mass is 9.99. The monoisotopic (exact) mass is 302 g/mol. The van der Waals surface area contributed by atoms with Gasteiger partial charge in [0, 0.05) is 17.3 Å². The molecule has 0 atom stereocenters. The molecule has 1 aliphatic rings. The maximum absolute atomic E-state index is 9.23. The number of tetrazole rings is 1. The molecule has 6 heteroatoms. The van der Waals surface area contributed by atoms with Gasteiger partial charge in [-0.15, -0.1) is 10.2 Å². The number of nitrogens with zero attached hydrogens (tertiary/aromatic N) is 4. The van der Waals surface area contributed by atoms with Crippen LogP contribution in [0, 0.1) is 11.3 Å². The molecule has 0 bridgehead atoms. The molecule has 0 amide bonds. The van der Waals surface area contributed by atoms with Crippen LogP contribution >= 0.6 is 0 Å². The van der Waals surface area contributed by atoms with Crippen molar-refractivity contribution in [1.82, 2.24) is 20.6 Å². The lowest BCUT2D eigenvalue weighted by molar-refractivity contribution is 0.881. The van der Waals surface area contributed by atoms with Crippen LogP contribution in [0.1, 0.15) is 30.1 Å². The van der Waals surface area contributed by atoms with Gasteiger partial charge >= 0.3 is 0 Å². The van der Waals surface area contributed by atoms with Gasteiger partial charge in [-0.05, 0) is 41.0 Å². The Labute approximate surface area is 132 Å². The average molecular weight is 302 g/mol. The standard InChI is InChI=1S/C17H14N6/c18-9-12(17-20-22-23-21-17)10-19-16-8-7-13(11-5-6-11)14-3-1-2-4-15(14)16/h1-4,7-8,10-11,19H,5-6H2,(H,20,21,22,23). The lowest BCUT2D eigenvalue weighted by Gasteiger charge is -2.10. The highest BCUT2D eigenvalue weighted by molar-refractivity contribution is 5.97. The molecule has 1 aromatic heterocycles. The van der Waals surface area contributed by atoms with Crippen molar-refractivity contribution in [3.05, 3.63) is 54.0 Å². The normalized spacial score (nSPS) is 14.7. The van der Waals surface area contributed by atoms with Crippen LogP contribution in [0.3, 0.4) is 0 Å². The van der Waals surface area contributed by atoms with Crippen molar-refractivity contribution in [2.24, 2.45) is 0 Å². The van der Waals surface area contributed by atoms with Gasteiger partial charge in [0.1, 0.15) is 11.6 Å². The highest BCUT2D eigenvalue weighted by atomic mass is 15.5. The fourth-order valence-corrected chi connectivity index (χ4v) is 2.77. The number of anilines is 1. The molecule has 1 saturated carbocycles. The molecule has 2 N–H and O–H groups in total. The minimum atomic E-state index is 0.277. The molecule has 3 aromatic rings. The predicted molar refractivity (Wildman–Crippen MR) is 87.3 cm³/mol. The first kappa shape index (κ1) is 13.5. The second kappa shape index (κ2) is 5.54. The number of nitrogens with one attached hydrogen (secondary N) is 2. The summed E-state index contributed by atoms with van der Waals surface area (Å²) in [5.74, 6) is 0.970. The van der Waals surface area contributed by atoms with Crippen molar-refractivity contribution in [3.8, 4) is 6.07 Å². The summed E-state index contributed by atoms with van der Waals surface area (Å²) in [7, 11) is 0. The largest absolute Gasteiger partial charge is 0.360 e. The number of benzene rings is 2. The smallest absolute Gasteiger partial charge is 0.216 e. The van der Waals surface area contributed by atoms with E-state index in [-0.39, 0.29) is 5.82 Å². The van der Waals surface area contributed by atoms with E-state index in [1.54, 1.807) is 6.20 Å². The van der Waals surface area contributed by atoms with E-state index < -0.39 is 0 Å². The molecule has 23 heavy (non-hydrogen) atoms. The van der Waals surface area contributed by atoms with Gasteiger partial charge in [-0.1, -0.05) is 30.3 Å². The van der Waals surface area contributed by atoms with Crippen molar-refractivity contribution in [3.63, 3.8) is 0 Å². The summed E-state index contributed by atoms with van der Waals surface area (Å²) in [6.45, 7) is 0. The van der Waals surface area contributed by atoms with Crippen LogP contribution < -0.4 is 5.32 Å². The number of nitriles is 1. The van der Waals surface area contributed by atoms with Gasteiger partial charge in [-0.2, -0.15) is 10.5 Å². The Balaban J connectivity index is 1.72. The van der Waals surface area contributed by atoms with Gasteiger partial charge in [0.05, 0.1) is 0 Å². The summed E-state index contributed by atoms with van der Waals surface area (Å²) in [5, 5.41) is 28.3. The first-order valence-electron chi connectivity index (χ1n) is 7.49. The Bertz CT molecular complexity index is 916. The highest BCUT2D eigenvalue weighted by Crippen LogP contribution is 2.44. The Kier molecular flexibility index (Phi) is 3.24. The van der Waals surface area contributed by atoms with Crippen molar-refractivity contribution < 1.29 is 0 Å². The van der Waals surface area contributed by atoms with Crippen molar-refractivity contribution in [1.29, 1.82) is 5.26 Å². The topological polar surface area (TPSA) is 90.3 Å². The van der Waals surface area contributed by atoms with E-state index in [2.05, 4.69) is 62.3 Å². The molecule has 0 aliphatic heterocycles. The van der Waals surface area contributed by atoms with Crippen molar-refractivity contribution in [2.45, 2.75) is 18.8 Å². The number of aromatic amines is 1. The maximum atomic E-state index is 9.23. The molecule has 1 heterocycles. The third-order valence-corrected chi connectivity index (χ3v) is 4.05. The molecule has 0 unspecified atom stereocenters. The number of H-pyrrole nitrogens is 1. The zero-order valence-electron chi connectivity index (χ0n) is 12.3. The summed E-state index contributed by atoms with van der Waals surface area (Å²) in [4.78, 5) is 0. The number of hydrogen-bond donors (Lipinski definition) is 2. The SMILES string of the molecule is N#CC(=CNc1ccc(C2CC2)c2ccccc12)c1nn[nH]n1. The van der Waals surface area contributed by atoms with E-state index >= 15 is 0 Å². The van der Waals surface area contributed by atoms with Gasteiger partial charge in [0.25, 0.3) is 0 Å². The molecule has 6 nitrogen and oxygen atoms in total. The van der Waals surface area contributed by atoms with Crippen LogP contribution in [0.5, 0.6) is 0 Å². The summed E-state index contributed by atoms with van der Waals surface area (Å²) < 4.78 is 0. The maximum Gasteiger partial charge on any atom is 0.216 e. The Hall–Kier alpha value is -3.20. The first-order chi connectivity index (χ1) is 11.4. The zero-order chi connectivity index (χ0) is 15.6. The minimum absolute atomic E-state index is 0.277. The van der Waals surface area contributed by atoms with Gasteiger partial charge in [-0.25, -0.2) is 0 Å². The van der Waals surface area contributed by atoms with Crippen LogP contribution in [0.2, 0.25) is 0 Å². The second-order valence-electron chi connectivity index (χ2n) is 5.57. The molecule has 0 saturated heterocycles. The molecule has 112 valence electrons. The van der Waals surface area contributed by atoms with E-state index in [0.717, 1.165) is 11.1 Å². The van der Waals surface area contributed by atoms with Crippen molar-refractivity contribution in [2.75, 3.05) is 5.32 Å². The van der Waals surface area contributed by atoms with Crippen LogP contribution in [0.25, 0.3) is 16.3 Å². The lowest BCUT2D eigenvalue weighted by Crippen LogP contribution is -1.95. The van der Waals surface area contributed by atoms with Gasteiger partial charge in [-0.3, -0.25) is 0 Å². The summed E-state index contributed by atoms with van der Waals surface area (Å²) in [5.41, 5.74) is 2.70. The predicted octanol–water partition coefficient (Wildman–Crippen LogP) is 3.21. The fourth-order valence-electron chi connectivity index (χ4n) is 2.77. The molecule has 1 aliphatic carbocycles. The number of aromatic nitrogens is 4. The second-order valence-corrected chi connectivity index (χ2v) is 5.57. The Morgan fingerprint density at radius 2 is 2.04 bits per heavy atom. The van der Waals surface area contributed by atoms with E-state index in [1.807, 2.05) is 6.07 Å². The molecule has 1 fully saturated rings. The van der Waals surface area contributed by atoms with Gasteiger partial charge in [0.2, 0.25) is 5.82 Å². The number of fused-ring (bicyclic) bond motifs is 1. The molecule has 4 rings (SSSR count). The van der Waals surface area contributed by atoms with Crippen LogP contribution in [0.15, 0.2) is 42.6 Å². The van der Waals surface area contributed by atoms with E-state index in [9.17, 15) is 5.26 Å². The number of rotatable bonds is 4. The first-order valence-corrected chi connectivity index (χ1v) is 7.49. The third kappa shape index (κ3) is 2.53. The molecule has 0 radical (unpaired) electrons. The van der Waals surface area contributed by atoms with Crippen LogP contribution in [0.4, 0.5) is 5.69 Å². The molecular weight excluding hydrogens is 288 g/mol. The highest BCUT2D eigenvalue weighted by Gasteiger charge is 2.25. The van der Waals surface area contributed by atoms with Gasteiger partial charge < -0.3 is 5.32 Å². The van der Waals surface area contributed by atoms with Gasteiger partial charge in [0.15, 0.2) is 0 Å². The Morgan fingerprint density at radius 1 is 1.22 bits per heavy atom. The number of hydrogen-bond acceptors (Lipinski definition) is 5. The Morgan fingerprint density at radius 3 is 2.74 bits per heavy atom. The van der Waals surface area contributed by atoms with Crippen molar-refractivity contribution >= 4 is 22.0 Å².